The number of fused-ring (bicyclic) bond motifs is 2. The van der Waals surface area contributed by atoms with Crippen LogP contribution in [-0.4, -0.2) is 56.1 Å². The summed E-state index contributed by atoms with van der Waals surface area (Å²) in [5.41, 5.74) is -0.851. The molecule has 2 aliphatic rings. The van der Waals surface area contributed by atoms with Crippen LogP contribution in [0.5, 0.6) is 0 Å². The van der Waals surface area contributed by atoms with Gasteiger partial charge in [-0.2, -0.15) is 0 Å². The molecule has 5 heteroatoms. The Balaban J connectivity index is 2.12. The van der Waals surface area contributed by atoms with Gasteiger partial charge in [-0.15, -0.1) is 0 Å². The van der Waals surface area contributed by atoms with Crippen LogP contribution in [-0.2, 0) is 18.9 Å². The molecule has 2 bridgehead atoms. The molecule has 4 atom stereocenters. The molecule has 2 aliphatic heterocycles. The van der Waals surface area contributed by atoms with Crippen LogP contribution in [0, 0.1) is 0 Å². The van der Waals surface area contributed by atoms with E-state index in [1.807, 2.05) is 7.85 Å². The first kappa shape index (κ1) is 15.3. The summed E-state index contributed by atoms with van der Waals surface area (Å²) in [7, 11) is 2.04. The zero-order valence-corrected chi connectivity index (χ0v) is 13.3. The van der Waals surface area contributed by atoms with Crippen LogP contribution in [0.25, 0.3) is 0 Å². The van der Waals surface area contributed by atoms with E-state index < -0.39 is 5.60 Å². The average molecular weight is 270 g/mol. The van der Waals surface area contributed by atoms with E-state index in [0.717, 1.165) is 0 Å². The van der Waals surface area contributed by atoms with Crippen molar-refractivity contribution >= 4 is 7.85 Å². The minimum atomic E-state index is -0.454. The lowest BCUT2D eigenvalue weighted by Gasteiger charge is -2.35. The molecule has 2 heterocycles. The van der Waals surface area contributed by atoms with Gasteiger partial charge in [-0.05, 0) is 41.5 Å². The Bertz CT molecular complexity index is 333. The van der Waals surface area contributed by atoms with E-state index in [2.05, 4.69) is 41.5 Å². The molecular formula is C14H27BO4. The largest absolute Gasteiger partial charge is 0.373 e. The highest BCUT2D eigenvalue weighted by atomic mass is 16.7. The van der Waals surface area contributed by atoms with Crippen LogP contribution in [0.15, 0.2) is 0 Å². The molecule has 2 saturated heterocycles. The Hall–Kier alpha value is -0.0951. The lowest BCUT2D eigenvalue weighted by atomic mass is 9.91. The lowest BCUT2D eigenvalue weighted by molar-refractivity contribution is -0.181. The van der Waals surface area contributed by atoms with E-state index in [0.29, 0.717) is 13.2 Å². The van der Waals surface area contributed by atoms with Gasteiger partial charge in [0.2, 0.25) is 0 Å². The Morgan fingerprint density at radius 2 is 1.79 bits per heavy atom. The van der Waals surface area contributed by atoms with Crippen molar-refractivity contribution in [1.82, 2.24) is 0 Å². The SMILES string of the molecule is B[C@@H]1O[C@@]2(COC(C)(C)C)COC1[C@H]2OC(C)(C)C. The van der Waals surface area contributed by atoms with Crippen molar-refractivity contribution < 1.29 is 18.9 Å². The number of hydrogen-bond acceptors (Lipinski definition) is 4. The number of ether oxygens (including phenoxy) is 4. The molecule has 0 N–H and O–H groups in total. The average Bonchev–Trinajstić information content (AvgIpc) is 2.64. The molecular weight excluding hydrogens is 243 g/mol. The summed E-state index contributed by atoms with van der Waals surface area (Å²) in [6.45, 7) is 13.4. The summed E-state index contributed by atoms with van der Waals surface area (Å²) < 4.78 is 24.1. The summed E-state index contributed by atoms with van der Waals surface area (Å²) in [5.74, 6) is 0. The van der Waals surface area contributed by atoms with Crippen molar-refractivity contribution in [1.29, 1.82) is 0 Å². The summed E-state index contributed by atoms with van der Waals surface area (Å²) in [6, 6.07) is 0.0599. The molecule has 110 valence electrons. The third-order valence-corrected chi connectivity index (χ3v) is 3.45. The monoisotopic (exact) mass is 270 g/mol. The highest BCUT2D eigenvalue weighted by molar-refractivity contribution is 6.11. The molecule has 0 saturated carbocycles. The first-order chi connectivity index (χ1) is 8.53. The second-order valence-corrected chi connectivity index (χ2v) is 7.72. The lowest BCUT2D eigenvalue weighted by Crippen LogP contribution is -2.50. The molecule has 0 amide bonds. The highest BCUT2D eigenvalue weighted by Gasteiger charge is 2.61. The second kappa shape index (κ2) is 4.73. The smallest absolute Gasteiger partial charge is 0.143 e. The summed E-state index contributed by atoms with van der Waals surface area (Å²) in [6.07, 6.45) is -0.0346. The van der Waals surface area contributed by atoms with E-state index in [9.17, 15) is 0 Å². The van der Waals surface area contributed by atoms with Crippen LogP contribution < -0.4 is 0 Å². The zero-order chi connectivity index (χ0) is 14.5. The quantitative estimate of drug-likeness (QED) is 0.720. The predicted octanol–water partition coefficient (Wildman–Crippen LogP) is 1.11. The topological polar surface area (TPSA) is 36.9 Å². The van der Waals surface area contributed by atoms with E-state index in [-0.39, 0.29) is 29.4 Å². The second-order valence-electron chi connectivity index (χ2n) is 7.72. The number of rotatable bonds is 3. The van der Waals surface area contributed by atoms with E-state index >= 15 is 0 Å². The fourth-order valence-electron chi connectivity index (χ4n) is 2.68. The fourth-order valence-corrected chi connectivity index (χ4v) is 2.68. The molecule has 4 nitrogen and oxygen atoms in total. The van der Waals surface area contributed by atoms with Crippen LogP contribution in [0.1, 0.15) is 41.5 Å². The van der Waals surface area contributed by atoms with E-state index in [1.54, 1.807) is 0 Å². The Kier molecular flexibility index (Phi) is 3.80. The van der Waals surface area contributed by atoms with Crippen LogP contribution >= 0.6 is 0 Å². The first-order valence-electron chi connectivity index (χ1n) is 7.14. The van der Waals surface area contributed by atoms with Crippen molar-refractivity contribution in [3.63, 3.8) is 0 Å². The van der Waals surface area contributed by atoms with Crippen molar-refractivity contribution in [2.45, 2.75) is 76.6 Å². The van der Waals surface area contributed by atoms with Gasteiger partial charge in [-0.1, -0.05) is 0 Å². The molecule has 0 spiro atoms. The van der Waals surface area contributed by atoms with Crippen molar-refractivity contribution in [2.75, 3.05) is 13.2 Å². The summed E-state index contributed by atoms with van der Waals surface area (Å²) in [4.78, 5) is 0. The minimum Gasteiger partial charge on any atom is -0.373 e. The van der Waals surface area contributed by atoms with Crippen molar-refractivity contribution in [3.05, 3.63) is 0 Å². The van der Waals surface area contributed by atoms with Crippen LogP contribution in [0.2, 0.25) is 0 Å². The summed E-state index contributed by atoms with van der Waals surface area (Å²) in [5, 5.41) is 0. The van der Waals surface area contributed by atoms with Gasteiger partial charge in [0.25, 0.3) is 0 Å². The molecule has 0 aromatic rings. The van der Waals surface area contributed by atoms with Gasteiger partial charge in [0.1, 0.15) is 25.7 Å². The molecule has 0 aromatic carbocycles. The molecule has 19 heavy (non-hydrogen) atoms. The van der Waals surface area contributed by atoms with Crippen LogP contribution in [0.4, 0.5) is 0 Å². The predicted molar refractivity (Wildman–Crippen MR) is 76.2 cm³/mol. The fraction of sp³-hybridized carbons (Fsp3) is 1.00. The molecule has 2 fully saturated rings. The normalized spacial score (nSPS) is 38.9. The van der Waals surface area contributed by atoms with Gasteiger partial charge in [0.15, 0.2) is 0 Å². The van der Waals surface area contributed by atoms with Crippen molar-refractivity contribution in [2.24, 2.45) is 0 Å². The molecule has 0 aromatic heterocycles. The Morgan fingerprint density at radius 1 is 1.16 bits per heavy atom. The summed E-state index contributed by atoms with van der Waals surface area (Å²) >= 11 is 0. The molecule has 1 unspecified atom stereocenters. The van der Waals surface area contributed by atoms with E-state index in [4.69, 9.17) is 18.9 Å². The zero-order valence-electron chi connectivity index (χ0n) is 13.3. The first-order valence-corrected chi connectivity index (χ1v) is 7.14. The standard InChI is InChI=1S/C14H27BO4/c1-12(2,3)17-8-14-7-16-9(11(15)19-14)10(14)18-13(4,5)6/h9-11H,7-8,15H2,1-6H3/t9?,10-,11-,14-/m1/s1. The van der Waals surface area contributed by atoms with Gasteiger partial charge < -0.3 is 18.9 Å². The van der Waals surface area contributed by atoms with Gasteiger partial charge in [0.05, 0.1) is 30.4 Å². The number of hydrogen-bond donors (Lipinski definition) is 0. The van der Waals surface area contributed by atoms with Gasteiger partial charge in [-0.25, -0.2) is 0 Å². The van der Waals surface area contributed by atoms with Gasteiger partial charge >= 0.3 is 0 Å². The maximum Gasteiger partial charge on any atom is 0.143 e. The highest BCUT2D eigenvalue weighted by Crippen LogP contribution is 2.43. The third kappa shape index (κ3) is 3.33. The maximum atomic E-state index is 6.19. The Labute approximate surface area is 117 Å². The molecule has 0 radical (unpaired) electrons. The maximum absolute atomic E-state index is 6.19. The minimum absolute atomic E-state index is 0.0165. The van der Waals surface area contributed by atoms with Gasteiger partial charge in [-0.3, -0.25) is 0 Å². The third-order valence-electron chi connectivity index (χ3n) is 3.45. The molecule has 0 aliphatic carbocycles. The van der Waals surface area contributed by atoms with Crippen LogP contribution in [0.3, 0.4) is 0 Å². The Morgan fingerprint density at radius 3 is 2.26 bits per heavy atom. The van der Waals surface area contributed by atoms with E-state index in [1.165, 1.54) is 0 Å². The van der Waals surface area contributed by atoms with Crippen molar-refractivity contribution in [3.8, 4) is 0 Å². The van der Waals surface area contributed by atoms with Gasteiger partial charge in [0, 0.05) is 0 Å². The molecule has 2 rings (SSSR count).